The Morgan fingerprint density at radius 3 is 2.88 bits per heavy atom. The van der Waals surface area contributed by atoms with E-state index >= 15 is 0 Å². The Morgan fingerprint density at radius 2 is 2.17 bits per heavy atom. The van der Waals surface area contributed by atoms with Gasteiger partial charge in [-0.15, -0.1) is 0 Å². The normalized spacial score (nSPS) is 23.0. The fourth-order valence-corrected chi connectivity index (χ4v) is 3.75. The number of aromatic nitrogens is 1. The third-order valence-electron chi connectivity index (χ3n) is 4.79. The number of aryl methyl sites for hydroxylation is 1. The van der Waals surface area contributed by atoms with Crippen molar-refractivity contribution in [3.63, 3.8) is 0 Å². The summed E-state index contributed by atoms with van der Waals surface area (Å²) < 4.78 is 5.57. The number of carbonyl (C=O) groups is 1. The first kappa shape index (κ1) is 16.6. The second-order valence-electron chi connectivity index (χ2n) is 7.52. The van der Waals surface area contributed by atoms with Crippen LogP contribution in [0.2, 0.25) is 0 Å². The van der Waals surface area contributed by atoms with E-state index in [1.165, 1.54) is 0 Å². The average molecular weight is 328 g/mol. The van der Waals surface area contributed by atoms with E-state index in [4.69, 9.17) is 4.42 Å². The van der Waals surface area contributed by atoms with Gasteiger partial charge in [0.2, 0.25) is 0 Å². The highest BCUT2D eigenvalue weighted by atomic mass is 16.3. The number of rotatable bonds is 3. The second kappa shape index (κ2) is 6.30. The van der Waals surface area contributed by atoms with E-state index < -0.39 is 0 Å². The summed E-state index contributed by atoms with van der Waals surface area (Å²) in [6, 6.07) is 5.61. The number of hydrogen-bond acceptors (Lipinski definition) is 4. The van der Waals surface area contributed by atoms with Gasteiger partial charge in [-0.05, 0) is 55.4 Å². The molecule has 2 N–H and O–H groups in total. The second-order valence-corrected chi connectivity index (χ2v) is 7.52. The minimum absolute atomic E-state index is 0.0260. The summed E-state index contributed by atoms with van der Waals surface area (Å²) >= 11 is 0. The number of furan rings is 1. The van der Waals surface area contributed by atoms with Crippen LogP contribution in [0.1, 0.15) is 60.8 Å². The molecular formula is C19H24N2O3. The Balaban J connectivity index is 1.76. The first-order valence-electron chi connectivity index (χ1n) is 8.34. The smallest absolute Gasteiger partial charge is 0.273 e. The van der Waals surface area contributed by atoms with Crippen LogP contribution in [0.4, 0.5) is 0 Å². The molecule has 1 saturated carbocycles. The summed E-state index contributed by atoms with van der Waals surface area (Å²) in [7, 11) is 0. The van der Waals surface area contributed by atoms with Crippen LogP contribution >= 0.6 is 0 Å². The van der Waals surface area contributed by atoms with Gasteiger partial charge in [0.05, 0.1) is 6.26 Å². The average Bonchev–Trinajstić information content (AvgIpc) is 3.02. The summed E-state index contributed by atoms with van der Waals surface area (Å²) in [5.41, 5.74) is 0.843. The van der Waals surface area contributed by atoms with Gasteiger partial charge >= 0.3 is 0 Å². The first-order chi connectivity index (χ1) is 11.4. The maximum Gasteiger partial charge on any atom is 0.273 e. The molecule has 5 nitrogen and oxygen atoms in total. The zero-order chi connectivity index (χ0) is 17.3. The largest absolute Gasteiger partial charge is 0.505 e. The lowest BCUT2D eigenvalue weighted by atomic mass is 9.69. The van der Waals surface area contributed by atoms with Gasteiger partial charge in [0.1, 0.15) is 11.5 Å². The van der Waals surface area contributed by atoms with Crippen LogP contribution in [0.15, 0.2) is 35.1 Å². The van der Waals surface area contributed by atoms with Crippen LogP contribution in [0.5, 0.6) is 5.75 Å². The van der Waals surface area contributed by atoms with Crippen molar-refractivity contribution in [2.75, 3.05) is 0 Å². The molecule has 128 valence electrons. The number of nitrogens with zero attached hydrogens (tertiary/aromatic N) is 1. The third kappa shape index (κ3) is 3.45. The van der Waals surface area contributed by atoms with E-state index in [0.717, 1.165) is 25.0 Å². The molecule has 3 rings (SSSR count). The quantitative estimate of drug-likeness (QED) is 0.899. The van der Waals surface area contributed by atoms with Gasteiger partial charge in [-0.25, -0.2) is 4.98 Å². The number of amides is 1. The number of pyridine rings is 1. The summed E-state index contributed by atoms with van der Waals surface area (Å²) in [6.45, 7) is 6.18. The predicted octanol–water partition coefficient (Wildman–Crippen LogP) is 3.78. The third-order valence-corrected chi connectivity index (χ3v) is 4.79. The molecule has 0 radical (unpaired) electrons. The standard InChI is InChI=1S/C19H24N2O3/c1-12-6-7-20-16(17(12)22)18(23)21-14-9-13(10-19(2,3)11-14)15-5-4-8-24-15/h4-8,13-14,22H,9-11H2,1-3H3,(H,21,23). The highest BCUT2D eigenvalue weighted by molar-refractivity contribution is 5.95. The molecule has 1 fully saturated rings. The van der Waals surface area contributed by atoms with Gasteiger partial charge in [-0.2, -0.15) is 0 Å². The van der Waals surface area contributed by atoms with Crippen molar-refractivity contribution in [2.45, 2.75) is 52.0 Å². The number of carbonyl (C=O) groups excluding carboxylic acids is 1. The van der Waals surface area contributed by atoms with E-state index in [1.807, 2.05) is 12.1 Å². The minimum Gasteiger partial charge on any atom is -0.505 e. The van der Waals surface area contributed by atoms with Crippen molar-refractivity contribution in [3.8, 4) is 5.75 Å². The van der Waals surface area contributed by atoms with Crippen LogP contribution in [-0.4, -0.2) is 22.0 Å². The van der Waals surface area contributed by atoms with Gasteiger partial charge in [0, 0.05) is 18.2 Å². The van der Waals surface area contributed by atoms with E-state index in [9.17, 15) is 9.90 Å². The van der Waals surface area contributed by atoms with Gasteiger partial charge in [0.15, 0.2) is 5.69 Å². The fraction of sp³-hybridized carbons (Fsp3) is 0.474. The molecule has 0 aromatic carbocycles. The molecular weight excluding hydrogens is 304 g/mol. The van der Waals surface area contributed by atoms with Gasteiger partial charge in [-0.3, -0.25) is 4.79 Å². The zero-order valence-electron chi connectivity index (χ0n) is 14.4. The molecule has 2 aromatic heterocycles. The van der Waals surface area contributed by atoms with Gasteiger partial charge < -0.3 is 14.8 Å². The summed E-state index contributed by atoms with van der Waals surface area (Å²) in [4.78, 5) is 16.6. The maximum atomic E-state index is 12.5. The van der Waals surface area contributed by atoms with Crippen molar-refractivity contribution in [2.24, 2.45) is 5.41 Å². The molecule has 24 heavy (non-hydrogen) atoms. The monoisotopic (exact) mass is 328 g/mol. The predicted molar refractivity (Wildman–Crippen MR) is 91.0 cm³/mol. The molecule has 5 heteroatoms. The molecule has 0 aliphatic heterocycles. The molecule has 2 atom stereocenters. The highest BCUT2D eigenvalue weighted by Crippen LogP contribution is 2.43. The Hall–Kier alpha value is -2.30. The molecule has 1 aliphatic rings. The topological polar surface area (TPSA) is 75.4 Å². The molecule has 0 saturated heterocycles. The van der Waals surface area contributed by atoms with Crippen molar-refractivity contribution in [1.29, 1.82) is 0 Å². The minimum atomic E-state index is -0.322. The molecule has 2 unspecified atom stereocenters. The lowest BCUT2D eigenvalue weighted by Crippen LogP contribution is -2.43. The number of nitrogens with one attached hydrogen (secondary N) is 1. The van der Waals surface area contributed by atoms with Crippen LogP contribution in [-0.2, 0) is 0 Å². The van der Waals surface area contributed by atoms with E-state index in [1.54, 1.807) is 25.5 Å². The Morgan fingerprint density at radius 1 is 1.38 bits per heavy atom. The Bertz CT molecular complexity index is 722. The zero-order valence-corrected chi connectivity index (χ0v) is 14.4. The highest BCUT2D eigenvalue weighted by Gasteiger charge is 2.36. The number of aromatic hydroxyl groups is 1. The lowest BCUT2D eigenvalue weighted by molar-refractivity contribution is 0.0878. The Labute approximate surface area is 142 Å². The van der Waals surface area contributed by atoms with Crippen LogP contribution in [0.25, 0.3) is 0 Å². The number of hydrogen-bond donors (Lipinski definition) is 2. The fourth-order valence-electron chi connectivity index (χ4n) is 3.75. The van der Waals surface area contributed by atoms with E-state index in [2.05, 4.69) is 24.1 Å². The van der Waals surface area contributed by atoms with Gasteiger partial charge in [0.25, 0.3) is 5.91 Å². The summed E-state index contributed by atoms with van der Waals surface area (Å²) in [6.07, 6.45) is 5.98. The molecule has 0 spiro atoms. The Kier molecular flexibility index (Phi) is 4.35. The van der Waals surface area contributed by atoms with Crippen molar-refractivity contribution < 1.29 is 14.3 Å². The molecule has 2 heterocycles. The summed E-state index contributed by atoms with van der Waals surface area (Å²) in [5, 5.41) is 13.1. The van der Waals surface area contributed by atoms with Crippen LogP contribution in [0, 0.1) is 12.3 Å². The van der Waals surface area contributed by atoms with Crippen LogP contribution < -0.4 is 5.32 Å². The SMILES string of the molecule is Cc1ccnc(C(=O)NC2CC(c3ccco3)CC(C)(C)C2)c1O. The van der Waals surface area contributed by atoms with Gasteiger partial charge in [-0.1, -0.05) is 13.8 Å². The molecule has 0 bridgehead atoms. The van der Waals surface area contributed by atoms with Crippen LogP contribution in [0.3, 0.4) is 0 Å². The lowest BCUT2D eigenvalue weighted by Gasteiger charge is -2.39. The maximum absolute atomic E-state index is 12.5. The van der Waals surface area contributed by atoms with Crippen molar-refractivity contribution >= 4 is 5.91 Å². The molecule has 1 aliphatic carbocycles. The van der Waals surface area contributed by atoms with Crippen molar-refractivity contribution in [3.05, 3.63) is 47.7 Å². The molecule has 2 aromatic rings. The van der Waals surface area contributed by atoms with E-state index in [-0.39, 0.29) is 34.7 Å². The molecule has 1 amide bonds. The first-order valence-corrected chi connectivity index (χ1v) is 8.34. The van der Waals surface area contributed by atoms with E-state index in [0.29, 0.717) is 5.56 Å². The van der Waals surface area contributed by atoms with Crippen molar-refractivity contribution in [1.82, 2.24) is 10.3 Å². The summed E-state index contributed by atoms with van der Waals surface area (Å²) in [5.74, 6) is 0.886.